The number of unbranched alkanes of at least 4 members (excludes halogenated alkanes) is 2. The fourth-order valence-electron chi connectivity index (χ4n) is 3.56. The maximum atomic E-state index is 14.9. The minimum absolute atomic E-state index is 0.0654. The molecule has 0 unspecified atom stereocenters. The van der Waals surface area contributed by atoms with E-state index in [0.29, 0.717) is 12.8 Å². The van der Waals surface area contributed by atoms with Gasteiger partial charge in [-0.1, -0.05) is 26.7 Å². The predicted octanol–water partition coefficient (Wildman–Crippen LogP) is 1.77. The zero-order chi connectivity index (χ0) is 29.2. The Labute approximate surface area is 226 Å². The standard InChI is InChI=1S/C24H39FN5O8P/c1-5-7-12-36-22(32)15(3)28-39(35,29-16(4)23(33)37-13-8-6-2)14-10-17-20(31)19(25)21(38-17)30-11-9-18(26)27-24(30)34/h9-11,14-17,19-21,31H,5-8,12-13H2,1-4H3,(H2,26,27,34)(H2,28,29,35)/b14-10+/t15-,16-,17+,19+,20+,21+/m0/s1. The van der Waals surface area contributed by atoms with Gasteiger partial charge in [-0.2, -0.15) is 4.98 Å². The third kappa shape index (κ3) is 9.50. The summed E-state index contributed by atoms with van der Waals surface area (Å²) in [7, 11) is -3.92. The Bertz CT molecular complexity index is 1070. The Kier molecular flexibility index (Phi) is 12.7. The van der Waals surface area contributed by atoms with Gasteiger partial charge in [0.05, 0.1) is 13.2 Å². The molecule has 0 amide bonds. The molecule has 13 nitrogen and oxygen atoms in total. The first kappa shape index (κ1) is 32.6. The van der Waals surface area contributed by atoms with Crippen molar-refractivity contribution in [2.75, 3.05) is 18.9 Å². The Hall–Kier alpha value is -2.64. The van der Waals surface area contributed by atoms with E-state index in [4.69, 9.17) is 19.9 Å². The number of rotatable bonds is 15. The number of aliphatic hydroxyl groups is 1. The average Bonchev–Trinajstić information content (AvgIpc) is 3.16. The van der Waals surface area contributed by atoms with Crippen molar-refractivity contribution in [3.63, 3.8) is 0 Å². The molecule has 0 aromatic carbocycles. The van der Waals surface area contributed by atoms with Gasteiger partial charge >= 0.3 is 17.6 Å². The zero-order valence-electron chi connectivity index (χ0n) is 22.6. The topological polar surface area (TPSA) is 184 Å². The summed E-state index contributed by atoms with van der Waals surface area (Å²) in [5.74, 6) is -0.308. The van der Waals surface area contributed by atoms with E-state index in [-0.39, 0.29) is 19.0 Å². The number of nitrogens with one attached hydrogen (secondary N) is 2. The molecule has 6 atom stereocenters. The molecular weight excluding hydrogens is 536 g/mol. The van der Waals surface area contributed by atoms with E-state index in [1.807, 2.05) is 13.8 Å². The van der Waals surface area contributed by atoms with E-state index >= 15 is 0 Å². The first-order chi connectivity index (χ1) is 18.4. The molecule has 0 saturated carbocycles. The van der Waals surface area contributed by atoms with Crippen LogP contribution in [0.25, 0.3) is 0 Å². The number of anilines is 1. The molecule has 1 saturated heterocycles. The van der Waals surface area contributed by atoms with Crippen molar-refractivity contribution in [2.24, 2.45) is 0 Å². The summed E-state index contributed by atoms with van der Waals surface area (Å²) >= 11 is 0. The maximum absolute atomic E-state index is 14.9. The number of nitrogens with zero attached hydrogens (tertiary/aromatic N) is 2. The fraction of sp³-hybridized carbons (Fsp3) is 0.667. The molecule has 0 aliphatic carbocycles. The highest BCUT2D eigenvalue weighted by molar-refractivity contribution is 7.63. The van der Waals surface area contributed by atoms with Crippen molar-refractivity contribution in [3.8, 4) is 0 Å². The molecule has 1 aromatic rings. The van der Waals surface area contributed by atoms with Crippen LogP contribution in [-0.4, -0.2) is 70.3 Å². The van der Waals surface area contributed by atoms with E-state index in [9.17, 15) is 28.4 Å². The second-order valence-electron chi connectivity index (χ2n) is 9.21. The van der Waals surface area contributed by atoms with Gasteiger partial charge in [0, 0.05) is 12.0 Å². The highest BCUT2D eigenvalue weighted by Crippen LogP contribution is 2.41. The molecule has 2 rings (SSSR count). The molecule has 5 N–H and O–H groups in total. The van der Waals surface area contributed by atoms with Gasteiger partial charge in [-0.15, -0.1) is 0 Å². The van der Waals surface area contributed by atoms with Crippen LogP contribution in [-0.2, 0) is 28.4 Å². The van der Waals surface area contributed by atoms with Gasteiger partial charge in [-0.25, -0.2) is 19.4 Å². The Morgan fingerprint density at radius 3 is 2.23 bits per heavy atom. The van der Waals surface area contributed by atoms with Crippen LogP contribution in [0.15, 0.2) is 29.0 Å². The third-order valence-corrected chi connectivity index (χ3v) is 7.94. The van der Waals surface area contributed by atoms with Crippen molar-refractivity contribution in [1.29, 1.82) is 0 Å². The van der Waals surface area contributed by atoms with Gasteiger partial charge in [0.2, 0.25) is 7.44 Å². The van der Waals surface area contributed by atoms with Crippen molar-refractivity contribution in [3.05, 3.63) is 34.6 Å². The van der Waals surface area contributed by atoms with E-state index < -0.39 is 61.8 Å². The van der Waals surface area contributed by atoms with Crippen LogP contribution in [0.1, 0.15) is 59.6 Å². The first-order valence-electron chi connectivity index (χ1n) is 12.9. The number of ether oxygens (including phenoxy) is 3. The number of nitrogen functional groups attached to an aromatic ring is 1. The predicted molar refractivity (Wildman–Crippen MR) is 141 cm³/mol. The van der Waals surface area contributed by atoms with Crippen LogP contribution in [0, 0.1) is 0 Å². The highest BCUT2D eigenvalue weighted by Gasteiger charge is 2.45. The summed E-state index contributed by atoms with van der Waals surface area (Å²) < 4.78 is 45.5. The lowest BCUT2D eigenvalue weighted by Gasteiger charge is -2.24. The minimum atomic E-state index is -3.92. The highest BCUT2D eigenvalue weighted by atomic mass is 31.2. The lowest BCUT2D eigenvalue weighted by molar-refractivity contribution is -0.145. The Morgan fingerprint density at radius 2 is 1.74 bits per heavy atom. The number of carbonyl (C=O) groups is 2. The minimum Gasteiger partial charge on any atom is -0.465 e. The molecule has 1 aromatic heterocycles. The molecule has 39 heavy (non-hydrogen) atoms. The first-order valence-corrected chi connectivity index (χ1v) is 14.7. The second kappa shape index (κ2) is 15.2. The van der Waals surface area contributed by atoms with Crippen molar-refractivity contribution in [1.82, 2.24) is 19.7 Å². The smallest absolute Gasteiger partial charge is 0.351 e. The molecule has 220 valence electrons. The largest absolute Gasteiger partial charge is 0.465 e. The molecule has 0 spiro atoms. The molecule has 0 radical (unpaired) electrons. The molecule has 1 aliphatic heterocycles. The summed E-state index contributed by atoms with van der Waals surface area (Å²) in [6.07, 6.45) is -1.33. The van der Waals surface area contributed by atoms with Gasteiger partial charge in [0.15, 0.2) is 12.4 Å². The number of aromatic nitrogens is 2. The second-order valence-corrected chi connectivity index (χ2v) is 11.3. The molecule has 0 bridgehead atoms. The summed E-state index contributed by atoms with van der Waals surface area (Å²) in [6, 6.07) is -0.829. The summed E-state index contributed by atoms with van der Waals surface area (Å²) in [5.41, 5.74) is 4.59. The lowest BCUT2D eigenvalue weighted by Crippen LogP contribution is -2.41. The van der Waals surface area contributed by atoms with Crippen molar-refractivity contribution in [2.45, 2.75) is 90.1 Å². The molecular formula is C24H39FN5O8P. The number of esters is 2. The Balaban J connectivity index is 2.23. The van der Waals surface area contributed by atoms with Crippen LogP contribution in [0.4, 0.5) is 10.2 Å². The van der Waals surface area contributed by atoms with Gasteiger partial charge in [-0.3, -0.25) is 18.7 Å². The quantitative estimate of drug-likeness (QED) is 0.135. The molecule has 15 heteroatoms. The van der Waals surface area contributed by atoms with Crippen LogP contribution < -0.4 is 21.6 Å². The number of halogens is 1. The van der Waals surface area contributed by atoms with Gasteiger partial charge in [-0.05, 0) is 38.8 Å². The number of alkyl halides is 1. The van der Waals surface area contributed by atoms with E-state index in [1.165, 1.54) is 26.1 Å². The maximum Gasteiger partial charge on any atom is 0.351 e. The monoisotopic (exact) mass is 575 g/mol. The number of hydrogen-bond acceptors (Lipinski definition) is 10. The van der Waals surface area contributed by atoms with Crippen LogP contribution in [0.3, 0.4) is 0 Å². The molecule has 1 fully saturated rings. The SMILES string of the molecule is CCCCOC(=O)[C@H](C)NP(=O)(/C=C/[C@H]1O[C@@H](n2ccc(N)nc2=O)[C@H](F)[C@@H]1O)N[C@@H](C)C(=O)OCCCC. The third-order valence-electron chi connectivity index (χ3n) is 5.81. The Morgan fingerprint density at radius 1 is 1.21 bits per heavy atom. The molecule has 2 heterocycles. The summed E-state index contributed by atoms with van der Waals surface area (Å²) in [6.45, 7) is 7.13. The molecule has 1 aliphatic rings. The van der Waals surface area contributed by atoms with Crippen LogP contribution in [0.2, 0.25) is 0 Å². The lowest BCUT2D eigenvalue weighted by atomic mass is 10.1. The number of aliphatic hydroxyl groups excluding tert-OH is 1. The summed E-state index contributed by atoms with van der Waals surface area (Å²) in [4.78, 5) is 40.4. The van der Waals surface area contributed by atoms with Gasteiger partial charge in [0.1, 0.15) is 30.1 Å². The van der Waals surface area contributed by atoms with Crippen LogP contribution in [0.5, 0.6) is 0 Å². The number of carbonyl (C=O) groups excluding carboxylic acids is 2. The van der Waals surface area contributed by atoms with E-state index in [0.717, 1.165) is 29.3 Å². The van der Waals surface area contributed by atoms with E-state index in [1.54, 1.807) is 0 Å². The number of nitrogens with two attached hydrogens (primary N) is 1. The number of hydrogen-bond donors (Lipinski definition) is 4. The zero-order valence-corrected chi connectivity index (χ0v) is 23.5. The van der Waals surface area contributed by atoms with Gasteiger partial charge in [0.25, 0.3) is 0 Å². The van der Waals surface area contributed by atoms with Crippen molar-refractivity contribution >= 4 is 25.2 Å². The average molecular weight is 576 g/mol. The normalized spacial score (nSPS) is 23.0. The summed E-state index contributed by atoms with van der Waals surface area (Å²) in [5, 5.41) is 15.7. The van der Waals surface area contributed by atoms with E-state index in [2.05, 4.69) is 15.2 Å². The van der Waals surface area contributed by atoms with Gasteiger partial charge < -0.3 is 25.1 Å². The fourth-order valence-corrected chi connectivity index (χ4v) is 5.58. The van der Waals surface area contributed by atoms with Crippen LogP contribution >= 0.6 is 7.44 Å². The van der Waals surface area contributed by atoms with Crippen molar-refractivity contribution < 1.29 is 37.9 Å².